The molecule has 1 aromatic rings. The van der Waals surface area contributed by atoms with Gasteiger partial charge in [-0.25, -0.2) is 13.8 Å². The molecule has 0 aliphatic carbocycles. The summed E-state index contributed by atoms with van der Waals surface area (Å²) >= 11 is 5.54. The Kier molecular flexibility index (Phi) is 6.34. The lowest BCUT2D eigenvalue weighted by atomic mass is 10.0. The minimum atomic E-state index is -5.10. The number of aromatic nitrogens is 1. The molecule has 0 aromatic carbocycles. The van der Waals surface area contributed by atoms with Crippen LogP contribution in [0.4, 0.5) is 22.0 Å². The highest BCUT2D eigenvalue weighted by Crippen LogP contribution is 2.31. The minimum absolute atomic E-state index is 0.0355. The molecule has 1 heterocycles. The minimum Gasteiger partial charge on any atom is -0.466 e. The summed E-state index contributed by atoms with van der Waals surface area (Å²) in [4.78, 5) is 14.5. The quantitative estimate of drug-likeness (QED) is 0.446. The van der Waals surface area contributed by atoms with Crippen LogP contribution in [0, 0.1) is 0 Å². The van der Waals surface area contributed by atoms with Crippen LogP contribution < -0.4 is 4.74 Å². The van der Waals surface area contributed by atoms with Crippen LogP contribution in [0.1, 0.15) is 30.2 Å². The zero-order chi connectivity index (χ0) is 16.9. The maximum absolute atomic E-state index is 12.9. The third kappa shape index (κ3) is 5.28. The SMILES string of the molecule is CCOC(=O)Cc1cc(OC(F)(F)F)nc(C(F)F)c1CCl. The van der Waals surface area contributed by atoms with Gasteiger partial charge in [0.05, 0.1) is 13.0 Å². The van der Waals surface area contributed by atoms with Crippen molar-refractivity contribution >= 4 is 17.6 Å². The number of pyridine rings is 1. The number of rotatable bonds is 6. The van der Waals surface area contributed by atoms with Gasteiger partial charge in [-0.15, -0.1) is 24.8 Å². The Morgan fingerprint density at radius 2 is 2.05 bits per heavy atom. The molecule has 1 rings (SSSR count). The number of nitrogens with zero attached hydrogens (tertiary/aromatic N) is 1. The van der Waals surface area contributed by atoms with Crippen molar-refractivity contribution in [2.45, 2.75) is 32.0 Å². The fourth-order valence-electron chi connectivity index (χ4n) is 1.65. The highest BCUT2D eigenvalue weighted by molar-refractivity contribution is 6.17. The van der Waals surface area contributed by atoms with Gasteiger partial charge in [0.15, 0.2) is 0 Å². The molecule has 0 spiro atoms. The Hall–Kier alpha value is -1.64. The summed E-state index contributed by atoms with van der Waals surface area (Å²) in [7, 11) is 0. The maximum atomic E-state index is 12.9. The summed E-state index contributed by atoms with van der Waals surface area (Å²) in [6.07, 6.45) is -8.80. The van der Waals surface area contributed by atoms with Crippen molar-refractivity contribution in [1.82, 2.24) is 4.98 Å². The first-order valence-electron chi connectivity index (χ1n) is 5.96. The monoisotopic (exact) mass is 347 g/mol. The zero-order valence-corrected chi connectivity index (χ0v) is 12.0. The molecule has 22 heavy (non-hydrogen) atoms. The van der Waals surface area contributed by atoms with Gasteiger partial charge >= 0.3 is 12.3 Å². The zero-order valence-electron chi connectivity index (χ0n) is 11.2. The molecule has 0 aliphatic rings. The van der Waals surface area contributed by atoms with Gasteiger partial charge in [0.2, 0.25) is 5.88 Å². The predicted molar refractivity (Wildman–Crippen MR) is 65.8 cm³/mol. The Morgan fingerprint density at radius 3 is 2.50 bits per heavy atom. The summed E-state index contributed by atoms with van der Waals surface area (Å²) in [5.74, 6) is -2.33. The van der Waals surface area contributed by atoms with Gasteiger partial charge in [-0.1, -0.05) is 0 Å². The highest BCUT2D eigenvalue weighted by Gasteiger charge is 2.33. The fourth-order valence-corrected chi connectivity index (χ4v) is 1.96. The first-order valence-corrected chi connectivity index (χ1v) is 6.49. The Balaban J connectivity index is 3.28. The van der Waals surface area contributed by atoms with E-state index in [4.69, 9.17) is 11.6 Å². The number of hydrogen-bond donors (Lipinski definition) is 0. The van der Waals surface area contributed by atoms with Gasteiger partial charge in [-0.2, -0.15) is 0 Å². The molecule has 0 fully saturated rings. The van der Waals surface area contributed by atoms with Crippen LogP contribution in [0.5, 0.6) is 5.88 Å². The lowest BCUT2D eigenvalue weighted by Crippen LogP contribution is -2.19. The van der Waals surface area contributed by atoms with Crippen LogP contribution in [-0.2, 0) is 21.8 Å². The van der Waals surface area contributed by atoms with Gasteiger partial charge in [-0.3, -0.25) is 4.79 Å². The van der Waals surface area contributed by atoms with E-state index in [0.717, 1.165) is 6.07 Å². The molecule has 0 radical (unpaired) electrons. The second kappa shape index (κ2) is 7.57. The van der Waals surface area contributed by atoms with E-state index in [9.17, 15) is 26.7 Å². The number of alkyl halides is 6. The van der Waals surface area contributed by atoms with Crippen LogP contribution in [0.3, 0.4) is 0 Å². The van der Waals surface area contributed by atoms with Crippen molar-refractivity contribution in [3.05, 3.63) is 22.9 Å². The normalized spacial score (nSPS) is 11.6. The molecule has 4 nitrogen and oxygen atoms in total. The Morgan fingerprint density at radius 1 is 1.41 bits per heavy atom. The van der Waals surface area contributed by atoms with Gasteiger partial charge in [0.25, 0.3) is 6.43 Å². The predicted octanol–water partition coefficient (Wildman–Crippen LogP) is 3.76. The van der Waals surface area contributed by atoms with E-state index in [1.54, 1.807) is 0 Å². The molecule has 0 saturated heterocycles. The molecule has 0 saturated carbocycles. The molecule has 0 bridgehead atoms. The number of ether oxygens (including phenoxy) is 2. The van der Waals surface area contributed by atoms with E-state index < -0.39 is 42.6 Å². The summed E-state index contributed by atoms with van der Waals surface area (Å²) in [6.45, 7) is 1.56. The average Bonchev–Trinajstić information content (AvgIpc) is 2.36. The van der Waals surface area contributed by atoms with Crippen molar-refractivity contribution in [1.29, 1.82) is 0 Å². The third-order valence-electron chi connectivity index (χ3n) is 2.43. The molecule has 1 aromatic heterocycles. The number of esters is 1. The second-order valence-electron chi connectivity index (χ2n) is 3.95. The Labute approximate surface area is 127 Å². The third-order valence-corrected chi connectivity index (χ3v) is 2.69. The van der Waals surface area contributed by atoms with Crippen molar-refractivity contribution in [3.8, 4) is 5.88 Å². The first-order chi connectivity index (χ1) is 10.2. The number of halogens is 6. The van der Waals surface area contributed by atoms with Crippen LogP contribution in [0.25, 0.3) is 0 Å². The summed E-state index contributed by atoms with van der Waals surface area (Å²) in [6, 6.07) is 0.744. The number of carbonyl (C=O) groups is 1. The van der Waals surface area contributed by atoms with Crippen molar-refractivity contribution in [3.63, 3.8) is 0 Å². The van der Waals surface area contributed by atoms with Crippen LogP contribution >= 0.6 is 11.6 Å². The molecule has 10 heteroatoms. The van der Waals surface area contributed by atoms with E-state index in [2.05, 4.69) is 14.5 Å². The highest BCUT2D eigenvalue weighted by atomic mass is 35.5. The first kappa shape index (κ1) is 18.4. The molecule has 0 atom stereocenters. The number of hydrogen-bond acceptors (Lipinski definition) is 4. The van der Waals surface area contributed by atoms with E-state index in [-0.39, 0.29) is 17.7 Å². The van der Waals surface area contributed by atoms with E-state index in [1.807, 2.05) is 0 Å². The van der Waals surface area contributed by atoms with E-state index >= 15 is 0 Å². The van der Waals surface area contributed by atoms with Crippen molar-refractivity contribution in [2.75, 3.05) is 6.61 Å². The topological polar surface area (TPSA) is 48.4 Å². The van der Waals surface area contributed by atoms with E-state index in [0.29, 0.717) is 0 Å². The average molecular weight is 348 g/mol. The summed E-state index contributed by atoms with van der Waals surface area (Å²) in [5.41, 5.74) is -1.34. The van der Waals surface area contributed by atoms with Crippen LogP contribution in [0.15, 0.2) is 6.07 Å². The van der Waals surface area contributed by atoms with E-state index in [1.165, 1.54) is 6.92 Å². The smallest absolute Gasteiger partial charge is 0.466 e. The van der Waals surface area contributed by atoms with Crippen LogP contribution in [-0.4, -0.2) is 23.9 Å². The standard InChI is InChI=1S/C12H11ClF5NO3/c1-2-21-9(20)4-6-3-8(22-12(16,17)18)19-10(11(14)15)7(6)5-13/h3,11H,2,4-5H2,1H3. The maximum Gasteiger partial charge on any atom is 0.574 e. The molecule has 0 N–H and O–H groups in total. The van der Waals surface area contributed by atoms with Crippen molar-refractivity contribution in [2.24, 2.45) is 0 Å². The summed E-state index contributed by atoms with van der Waals surface area (Å²) < 4.78 is 70.6. The van der Waals surface area contributed by atoms with Gasteiger partial charge in [-0.05, 0) is 18.1 Å². The number of carbonyl (C=O) groups excluding carboxylic acids is 1. The Bertz CT molecular complexity index is 536. The molecular formula is C12H11ClF5NO3. The van der Waals surface area contributed by atoms with Crippen molar-refractivity contribution < 1.29 is 36.2 Å². The fraction of sp³-hybridized carbons (Fsp3) is 0.500. The second-order valence-corrected chi connectivity index (χ2v) is 4.21. The molecular weight excluding hydrogens is 337 g/mol. The van der Waals surface area contributed by atoms with Gasteiger partial charge in [0.1, 0.15) is 5.69 Å². The molecule has 0 unspecified atom stereocenters. The van der Waals surface area contributed by atoms with Crippen LogP contribution in [0.2, 0.25) is 0 Å². The van der Waals surface area contributed by atoms with Gasteiger partial charge < -0.3 is 9.47 Å². The lowest BCUT2D eigenvalue weighted by Gasteiger charge is -2.15. The lowest BCUT2D eigenvalue weighted by molar-refractivity contribution is -0.276. The molecule has 124 valence electrons. The molecule has 0 amide bonds. The van der Waals surface area contributed by atoms with Gasteiger partial charge in [0, 0.05) is 11.9 Å². The largest absolute Gasteiger partial charge is 0.574 e. The molecule has 0 aliphatic heterocycles. The summed E-state index contributed by atoms with van der Waals surface area (Å²) in [5, 5.41) is 0.